The van der Waals surface area contributed by atoms with Gasteiger partial charge in [-0.05, 0) is 43.7 Å². The van der Waals surface area contributed by atoms with Crippen molar-refractivity contribution in [3.05, 3.63) is 46.9 Å². The summed E-state index contributed by atoms with van der Waals surface area (Å²) in [7, 11) is 0. The Labute approximate surface area is 188 Å². The maximum Gasteiger partial charge on any atom is 0.202 e. The van der Waals surface area contributed by atoms with Gasteiger partial charge in [0, 0.05) is 24.3 Å². The molecular weight excluding hydrogens is 437 g/mol. The molecule has 1 aromatic carbocycles. The fourth-order valence-electron chi connectivity index (χ4n) is 4.09. The molecule has 1 atom stereocenters. The molecule has 2 saturated heterocycles. The van der Waals surface area contributed by atoms with Crippen molar-refractivity contribution in [1.29, 1.82) is 0 Å². The molecule has 2 aromatic heterocycles. The van der Waals surface area contributed by atoms with Gasteiger partial charge in [0.2, 0.25) is 5.95 Å². The first-order valence-electron chi connectivity index (χ1n) is 10.5. The average molecular weight is 460 g/mol. The van der Waals surface area contributed by atoms with Crippen LogP contribution >= 0.6 is 11.6 Å². The van der Waals surface area contributed by atoms with E-state index >= 15 is 0 Å². The van der Waals surface area contributed by atoms with Crippen molar-refractivity contribution in [1.82, 2.24) is 25.3 Å². The molecule has 0 bridgehead atoms. The minimum absolute atomic E-state index is 0.0496. The number of H-pyrrole nitrogens is 1. The van der Waals surface area contributed by atoms with Gasteiger partial charge in [0.05, 0.1) is 35.5 Å². The Morgan fingerprint density at radius 3 is 2.97 bits per heavy atom. The number of fused-ring (bicyclic) bond motifs is 1. The van der Waals surface area contributed by atoms with Crippen molar-refractivity contribution < 1.29 is 14.3 Å². The minimum atomic E-state index is -0.536. The number of aliphatic imine (C=N–C) groups is 1. The van der Waals surface area contributed by atoms with E-state index in [1.165, 1.54) is 18.2 Å². The Morgan fingerprint density at radius 2 is 2.22 bits per heavy atom. The minimum Gasteiger partial charge on any atom is -0.378 e. The van der Waals surface area contributed by atoms with Gasteiger partial charge in [0.25, 0.3) is 0 Å². The summed E-state index contributed by atoms with van der Waals surface area (Å²) in [6.07, 6.45) is 3.76. The van der Waals surface area contributed by atoms with E-state index in [1.54, 1.807) is 12.3 Å². The molecule has 2 aliphatic rings. The molecular formula is C21H23ClFN7O2. The number of piperidine rings is 1. The zero-order chi connectivity index (χ0) is 22.1. The van der Waals surface area contributed by atoms with Crippen molar-refractivity contribution >= 4 is 40.2 Å². The second kappa shape index (κ2) is 8.99. The summed E-state index contributed by atoms with van der Waals surface area (Å²) in [6.45, 7) is 3.63. The highest BCUT2D eigenvalue weighted by Crippen LogP contribution is 2.25. The number of imidazole rings is 1. The normalized spacial score (nSPS) is 20.3. The molecule has 0 amide bonds. The summed E-state index contributed by atoms with van der Waals surface area (Å²) < 4.78 is 18.8. The fraction of sp³-hybridized carbons (Fsp3) is 0.381. The highest BCUT2D eigenvalue weighted by molar-refractivity contribution is 6.31. The van der Waals surface area contributed by atoms with Crippen LogP contribution in [0.25, 0.3) is 11.2 Å². The number of aromatic amines is 1. The number of benzene rings is 1. The van der Waals surface area contributed by atoms with Gasteiger partial charge in [-0.3, -0.25) is 15.6 Å². The predicted octanol–water partition coefficient (Wildman–Crippen LogP) is 3.08. The van der Waals surface area contributed by atoms with Crippen LogP contribution < -0.4 is 10.8 Å². The standard InChI is InChI=1S/C21H23ClFN7O2/c22-16-8-12(3-4-17(16)23)25-19(29-31)15-5-6-24-20-18(15)27-21(28-20)26-13-2-1-7-30(9-13)14-10-32-11-14/h3-6,8,13-14,31H,1-2,7,9-11H2,(H,25,29)(H2,24,26,27,28)/t13-/m0/s1. The Hall–Kier alpha value is -2.79. The predicted molar refractivity (Wildman–Crippen MR) is 119 cm³/mol. The number of rotatable bonds is 5. The lowest BCUT2D eigenvalue weighted by molar-refractivity contribution is -0.0710. The maximum absolute atomic E-state index is 13.5. The molecule has 168 valence electrons. The number of hydrogen-bond acceptors (Lipinski definition) is 7. The third-order valence-electron chi connectivity index (χ3n) is 5.83. The molecule has 0 unspecified atom stereocenters. The molecule has 9 nitrogen and oxygen atoms in total. The molecule has 0 spiro atoms. The zero-order valence-electron chi connectivity index (χ0n) is 17.2. The molecule has 2 aliphatic heterocycles. The van der Waals surface area contributed by atoms with Crippen molar-refractivity contribution in [3.63, 3.8) is 0 Å². The molecule has 0 aliphatic carbocycles. The number of amidine groups is 1. The van der Waals surface area contributed by atoms with E-state index in [9.17, 15) is 9.60 Å². The van der Waals surface area contributed by atoms with Crippen LogP contribution in [0.3, 0.4) is 0 Å². The van der Waals surface area contributed by atoms with E-state index in [1.807, 2.05) is 0 Å². The Kier molecular flexibility index (Phi) is 5.92. The highest BCUT2D eigenvalue weighted by Gasteiger charge is 2.30. The van der Waals surface area contributed by atoms with Gasteiger partial charge in [-0.25, -0.2) is 14.4 Å². The van der Waals surface area contributed by atoms with Gasteiger partial charge in [0.1, 0.15) is 5.82 Å². The number of aromatic nitrogens is 3. The van der Waals surface area contributed by atoms with Crippen molar-refractivity contribution in [2.45, 2.75) is 24.9 Å². The smallest absolute Gasteiger partial charge is 0.202 e. The van der Waals surface area contributed by atoms with Crippen LogP contribution in [0.15, 0.2) is 35.5 Å². The number of ether oxygens (including phenoxy) is 1. The molecule has 4 heterocycles. The number of anilines is 1. The molecule has 3 aromatic rings. The van der Waals surface area contributed by atoms with Gasteiger partial charge >= 0.3 is 0 Å². The van der Waals surface area contributed by atoms with Crippen LogP contribution in [0.1, 0.15) is 18.4 Å². The molecule has 2 fully saturated rings. The van der Waals surface area contributed by atoms with Crippen molar-refractivity contribution in [2.24, 2.45) is 4.99 Å². The lowest BCUT2D eigenvalue weighted by Crippen LogP contribution is -2.54. The lowest BCUT2D eigenvalue weighted by Gasteiger charge is -2.42. The van der Waals surface area contributed by atoms with Crippen molar-refractivity contribution in [3.8, 4) is 0 Å². The Bertz CT molecular complexity index is 1150. The first-order chi connectivity index (χ1) is 15.6. The van der Waals surface area contributed by atoms with E-state index in [0.717, 1.165) is 39.1 Å². The number of hydrogen-bond donors (Lipinski definition) is 4. The molecule has 11 heteroatoms. The van der Waals surface area contributed by atoms with E-state index in [0.29, 0.717) is 34.4 Å². The van der Waals surface area contributed by atoms with Crippen LogP contribution in [0.4, 0.5) is 16.0 Å². The first kappa shape index (κ1) is 21.1. The second-order valence-corrected chi connectivity index (χ2v) is 8.39. The van der Waals surface area contributed by atoms with Crippen molar-refractivity contribution in [2.75, 3.05) is 31.6 Å². The van der Waals surface area contributed by atoms with Crippen LogP contribution in [0.5, 0.6) is 0 Å². The number of nitrogens with one attached hydrogen (secondary N) is 3. The monoisotopic (exact) mass is 459 g/mol. The van der Waals surface area contributed by atoms with Gasteiger partial charge in [0.15, 0.2) is 11.5 Å². The largest absolute Gasteiger partial charge is 0.378 e. The third-order valence-corrected chi connectivity index (χ3v) is 6.12. The SMILES string of the molecule is ONC(=Nc1ccc(F)c(Cl)c1)c1ccnc2nc(N[C@H]3CCCN(C4COC4)C3)[nH]c12. The topological polar surface area (TPSA) is 111 Å². The van der Waals surface area contributed by atoms with Gasteiger partial charge in [-0.2, -0.15) is 4.98 Å². The van der Waals surface area contributed by atoms with E-state index in [-0.39, 0.29) is 16.9 Å². The third kappa shape index (κ3) is 4.26. The van der Waals surface area contributed by atoms with E-state index in [2.05, 4.69) is 35.6 Å². The Balaban J connectivity index is 1.39. The number of halogens is 2. The lowest BCUT2D eigenvalue weighted by atomic mass is 10.0. The van der Waals surface area contributed by atoms with Gasteiger partial charge < -0.3 is 15.0 Å². The average Bonchev–Trinajstić information content (AvgIpc) is 3.16. The highest BCUT2D eigenvalue weighted by atomic mass is 35.5. The van der Waals surface area contributed by atoms with Crippen LogP contribution in [-0.4, -0.2) is 69.3 Å². The summed E-state index contributed by atoms with van der Waals surface area (Å²) in [4.78, 5) is 19.0. The maximum atomic E-state index is 13.5. The number of nitrogens with zero attached hydrogens (tertiary/aromatic N) is 4. The summed E-state index contributed by atoms with van der Waals surface area (Å²) in [5.41, 5.74) is 4.17. The summed E-state index contributed by atoms with van der Waals surface area (Å²) in [5.74, 6) is 0.230. The van der Waals surface area contributed by atoms with Crippen LogP contribution in [-0.2, 0) is 4.74 Å². The summed E-state index contributed by atoms with van der Waals surface area (Å²) in [6, 6.07) is 6.56. The number of hydroxylamine groups is 1. The van der Waals surface area contributed by atoms with Gasteiger partial charge in [-0.1, -0.05) is 11.6 Å². The van der Waals surface area contributed by atoms with Crippen LogP contribution in [0, 0.1) is 5.82 Å². The molecule has 0 radical (unpaired) electrons. The first-order valence-corrected chi connectivity index (χ1v) is 10.9. The van der Waals surface area contributed by atoms with E-state index in [4.69, 9.17) is 16.3 Å². The molecule has 5 rings (SSSR count). The van der Waals surface area contributed by atoms with E-state index < -0.39 is 5.82 Å². The molecule has 4 N–H and O–H groups in total. The zero-order valence-corrected chi connectivity index (χ0v) is 17.9. The quantitative estimate of drug-likeness (QED) is 0.263. The number of likely N-dealkylation sites (tertiary alicyclic amines) is 1. The fourth-order valence-corrected chi connectivity index (χ4v) is 4.26. The number of pyridine rings is 1. The van der Waals surface area contributed by atoms with Crippen LogP contribution in [0.2, 0.25) is 5.02 Å². The van der Waals surface area contributed by atoms with Gasteiger partial charge in [-0.15, -0.1) is 0 Å². The summed E-state index contributed by atoms with van der Waals surface area (Å²) >= 11 is 5.85. The Morgan fingerprint density at radius 1 is 1.34 bits per heavy atom. The second-order valence-electron chi connectivity index (χ2n) is 7.98. The molecule has 32 heavy (non-hydrogen) atoms. The molecule has 0 saturated carbocycles. The summed E-state index contributed by atoms with van der Waals surface area (Å²) in [5, 5.41) is 13.2.